The maximum Gasteiger partial charge on any atom is 0.328 e. The normalized spacial score (nSPS) is 12.3. The molecule has 0 bridgehead atoms. The van der Waals surface area contributed by atoms with Gasteiger partial charge in [-0.3, -0.25) is 4.79 Å². The van der Waals surface area contributed by atoms with E-state index in [1.807, 2.05) is 32.0 Å². The summed E-state index contributed by atoms with van der Waals surface area (Å²) in [4.78, 5) is 23.1. The molecule has 5 heteroatoms. The van der Waals surface area contributed by atoms with E-state index < -0.39 is 12.0 Å². The van der Waals surface area contributed by atoms with Crippen molar-refractivity contribution in [1.82, 2.24) is 4.57 Å². The number of hydrogen-bond acceptors (Lipinski definition) is 2. The van der Waals surface area contributed by atoms with Gasteiger partial charge in [0.1, 0.15) is 6.04 Å². The van der Waals surface area contributed by atoms with Gasteiger partial charge in [-0.1, -0.05) is 12.1 Å². The van der Waals surface area contributed by atoms with Gasteiger partial charge in [0.15, 0.2) is 0 Å². The number of hydrogen-bond donors (Lipinski definition) is 2. The van der Waals surface area contributed by atoms with Gasteiger partial charge in [0.05, 0.1) is 0 Å². The summed E-state index contributed by atoms with van der Waals surface area (Å²) in [6.45, 7) is 5.74. The molecule has 0 saturated heterocycles. The summed E-state index contributed by atoms with van der Waals surface area (Å²) in [6.07, 6.45) is 4.29. The Morgan fingerprint density at radius 3 is 2.65 bits per heavy atom. The minimum atomic E-state index is -1.02. The molecule has 23 heavy (non-hydrogen) atoms. The quantitative estimate of drug-likeness (QED) is 0.831. The van der Waals surface area contributed by atoms with E-state index >= 15 is 0 Å². The number of aryl methyl sites for hydroxylation is 1. The van der Waals surface area contributed by atoms with Crippen LogP contribution in [0.25, 0.3) is 6.08 Å². The van der Waals surface area contributed by atoms with E-state index in [1.54, 1.807) is 29.8 Å². The zero-order valence-electron chi connectivity index (χ0n) is 13.4. The topological polar surface area (TPSA) is 71.3 Å². The lowest BCUT2D eigenvalue weighted by molar-refractivity contribution is -0.131. The first-order valence-corrected chi connectivity index (χ1v) is 7.35. The molecule has 1 amide bonds. The van der Waals surface area contributed by atoms with Crippen LogP contribution in [0.4, 0.5) is 5.69 Å². The molecule has 1 unspecified atom stereocenters. The second-order valence-electron chi connectivity index (χ2n) is 5.42. The monoisotopic (exact) mass is 312 g/mol. The maximum absolute atomic E-state index is 12.5. The van der Waals surface area contributed by atoms with Gasteiger partial charge in [-0.05, 0) is 56.2 Å². The van der Waals surface area contributed by atoms with Crippen LogP contribution in [0.5, 0.6) is 0 Å². The molecule has 2 rings (SSSR count). The summed E-state index contributed by atoms with van der Waals surface area (Å²) in [5.41, 5.74) is 3.60. The average Bonchev–Trinajstić information content (AvgIpc) is 2.97. The van der Waals surface area contributed by atoms with Crippen LogP contribution in [0, 0.1) is 13.8 Å². The fourth-order valence-electron chi connectivity index (χ4n) is 2.31. The molecule has 0 radical (unpaired) electrons. The standard InChI is InChI=1S/C18H20N2O3/c1-12-6-4-8-16(13(12)2)19-18(23)14(3)20-11-5-7-15(20)9-10-17(21)22/h4-11,14H,1-3H3,(H,19,23)(H,21,22)/b10-9+. The number of nitrogens with one attached hydrogen (secondary N) is 1. The molecule has 0 saturated carbocycles. The minimum absolute atomic E-state index is 0.153. The number of nitrogens with zero attached hydrogens (tertiary/aromatic N) is 1. The third kappa shape index (κ3) is 3.88. The number of amides is 1. The number of aliphatic carboxylic acids is 1. The van der Waals surface area contributed by atoms with E-state index in [-0.39, 0.29) is 5.91 Å². The van der Waals surface area contributed by atoms with E-state index in [2.05, 4.69) is 5.32 Å². The van der Waals surface area contributed by atoms with E-state index in [0.717, 1.165) is 22.9 Å². The van der Waals surface area contributed by atoms with Crippen molar-refractivity contribution in [3.05, 3.63) is 59.4 Å². The molecule has 5 nitrogen and oxygen atoms in total. The third-order valence-electron chi connectivity index (χ3n) is 3.87. The van der Waals surface area contributed by atoms with E-state index in [1.165, 1.54) is 6.08 Å². The molecule has 1 heterocycles. The predicted molar refractivity (Wildman–Crippen MR) is 90.4 cm³/mol. The third-order valence-corrected chi connectivity index (χ3v) is 3.87. The number of rotatable bonds is 5. The van der Waals surface area contributed by atoms with Gasteiger partial charge in [-0.2, -0.15) is 0 Å². The van der Waals surface area contributed by atoms with Crippen LogP contribution in [0.2, 0.25) is 0 Å². The molecule has 0 aliphatic carbocycles. The molecule has 0 spiro atoms. The molecule has 120 valence electrons. The highest BCUT2D eigenvalue weighted by Crippen LogP contribution is 2.20. The highest BCUT2D eigenvalue weighted by atomic mass is 16.4. The van der Waals surface area contributed by atoms with Gasteiger partial charge in [0, 0.05) is 23.7 Å². The molecule has 0 aliphatic rings. The number of anilines is 1. The number of carboxylic acid groups (broad SMARTS) is 1. The Balaban J connectivity index is 2.19. The van der Waals surface area contributed by atoms with Crippen molar-refractivity contribution in [3.8, 4) is 0 Å². The van der Waals surface area contributed by atoms with Crippen LogP contribution < -0.4 is 5.32 Å². The summed E-state index contributed by atoms with van der Waals surface area (Å²) in [6, 6.07) is 8.85. The van der Waals surface area contributed by atoms with Gasteiger partial charge >= 0.3 is 5.97 Å². The zero-order valence-corrected chi connectivity index (χ0v) is 13.4. The molecule has 1 aromatic carbocycles. The molecule has 2 N–H and O–H groups in total. The van der Waals surface area contributed by atoms with Crippen LogP contribution in [0.1, 0.15) is 29.8 Å². The molecule has 1 atom stereocenters. The Kier molecular flexibility index (Phi) is 5.01. The highest BCUT2D eigenvalue weighted by molar-refractivity contribution is 5.94. The Bertz CT molecular complexity index is 759. The van der Waals surface area contributed by atoms with Crippen LogP contribution in [0.3, 0.4) is 0 Å². The summed E-state index contributed by atoms with van der Waals surface area (Å²) in [5.74, 6) is -1.18. The molecular formula is C18H20N2O3. The smallest absolute Gasteiger partial charge is 0.328 e. The maximum atomic E-state index is 12.5. The fraction of sp³-hybridized carbons (Fsp3) is 0.222. The van der Waals surface area contributed by atoms with Crippen LogP contribution in [-0.4, -0.2) is 21.6 Å². The lowest BCUT2D eigenvalue weighted by Gasteiger charge is -2.17. The summed E-state index contributed by atoms with van der Waals surface area (Å²) in [7, 11) is 0. The lowest BCUT2D eigenvalue weighted by atomic mass is 10.1. The number of carbonyl (C=O) groups excluding carboxylic acids is 1. The summed E-state index contributed by atoms with van der Waals surface area (Å²) >= 11 is 0. The highest BCUT2D eigenvalue weighted by Gasteiger charge is 2.17. The Morgan fingerprint density at radius 2 is 1.96 bits per heavy atom. The summed E-state index contributed by atoms with van der Waals surface area (Å²) in [5, 5.41) is 11.7. The SMILES string of the molecule is Cc1cccc(NC(=O)C(C)n2cccc2/C=C/C(=O)O)c1C. The second-order valence-corrected chi connectivity index (χ2v) is 5.42. The lowest BCUT2D eigenvalue weighted by Crippen LogP contribution is -2.24. The molecule has 1 aromatic heterocycles. The molecular weight excluding hydrogens is 292 g/mol. The van der Waals surface area contributed by atoms with Crippen molar-refractivity contribution in [2.45, 2.75) is 26.8 Å². The Labute approximate surface area is 135 Å². The fourth-order valence-corrected chi connectivity index (χ4v) is 2.31. The van der Waals surface area contributed by atoms with Gasteiger partial charge < -0.3 is 15.0 Å². The predicted octanol–water partition coefficient (Wildman–Crippen LogP) is 3.40. The Hall–Kier alpha value is -2.82. The average molecular weight is 312 g/mol. The number of aromatic nitrogens is 1. The van der Waals surface area contributed by atoms with Crippen molar-refractivity contribution in [2.75, 3.05) is 5.32 Å². The minimum Gasteiger partial charge on any atom is -0.478 e. The van der Waals surface area contributed by atoms with E-state index in [4.69, 9.17) is 5.11 Å². The van der Waals surface area contributed by atoms with Gasteiger partial charge in [0.2, 0.25) is 5.91 Å². The first-order chi connectivity index (χ1) is 10.9. The van der Waals surface area contributed by atoms with Gasteiger partial charge in [-0.15, -0.1) is 0 Å². The first kappa shape index (κ1) is 16.5. The molecule has 2 aromatic rings. The van der Waals surface area contributed by atoms with Crippen molar-refractivity contribution < 1.29 is 14.7 Å². The molecule has 0 fully saturated rings. The number of carbonyl (C=O) groups is 2. The van der Waals surface area contributed by atoms with Crippen molar-refractivity contribution in [2.24, 2.45) is 0 Å². The Morgan fingerprint density at radius 1 is 1.22 bits per heavy atom. The van der Waals surface area contributed by atoms with Crippen LogP contribution >= 0.6 is 0 Å². The van der Waals surface area contributed by atoms with Crippen LogP contribution in [-0.2, 0) is 9.59 Å². The van der Waals surface area contributed by atoms with E-state index in [0.29, 0.717) is 5.69 Å². The number of carboxylic acids is 1. The van der Waals surface area contributed by atoms with Gasteiger partial charge in [0.25, 0.3) is 0 Å². The first-order valence-electron chi connectivity index (χ1n) is 7.35. The van der Waals surface area contributed by atoms with Crippen LogP contribution in [0.15, 0.2) is 42.6 Å². The van der Waals surface area contributed by atoms with Crippen molar-refractivity contribution >= 4 is 23.6 Å². The summed E-state index contributed by atoms with van der Waals surface area (Å²) < 4.78 is 1.74. The van der Waals surface area contributed by atoms with E-state index in [9.17, 15) is 9.59 Å². The largest absolute Gasteiger partial charge is 0.478 e. The molecule has 0 aliphatic heterocycles. The number of benzene rings is 1. The van der Waals surface area contributed by atoms with Crippen molar-refractivity contribution in [1.29, 1.82) is 0 Å². The second kappa shape index (κ2) is 6.96. The van der Waals surface area contributed by atoms with Gasteiger partial charge in [-0.25, -0.2) is 4.79 Å². The van der Waals surface area contributed by atoms with Crippen molar-refractivity contribution in [3.63, 3.8) is 0 Å². The zero-order chi connectivity index (χ0) is 17.0.